The van der Waals surface area contributed by atoms with Crippen molar-refractivity contribution < 1.29 is 38.0 Å². The molecule has 2 aromatic carbocycles. The van der Waals surface area contributed by atoms with Crippen LogP contribution < -0.4 is 18.9 Å². The van der Waals surface area contributed by atoms with Crippen molar-refractivity contribution in [2.75, 3.05) is 27.6 Å². The Bertz CT molecular complexity index is 1180. The molecule has 0 aromatic heterocycles. The average Bonchev–Trinajstić information content (AvgIpc) is 3.44. The second kappa shape index (κ2) is 8.59. The van der Waals surface area contributed by atoms with Gasteiger partial charge in [-0.1, -0.05) is 20.8 Å². The molecule has 2 heterocycles. The summed E-state index contributed by atoms with van der Waals surface area (Å²) < 4.78 is 35.0. The third-order valence-corrected chi connectivity index (χ3v) is 12.7. The Kier molecular flexibility index (Phi) is 5.91. The summed E-state index contributed by atoms with van der Waals surface area (Å²) >= 11 is 0. The number of ether oxygens (including phenoxy) is 5. The highest BCUT2D eigenvalue weighted by Gasteiger charge is 2.55. The minimum Gasteiger partial charge on any atom is -0.502 e. The predicted octanol–water partition coefficient (Wildman–Crippen LogP) is 5.14. The van der Waals surface area contributed by atoms with Gasteiger partial charge in [-0.05, 0) is 59.1 Å². The summed E-state index contributed by atoms with van der Waals surface area (Å²) in [5.41, 5.74) is 2.67. The van der Waals surface area contributed by atoms with Gasteiger partial charge in [0.05, 0.1) is 32.8 Å². The van der Waals surface area contributed by atoms with Crippen LogP contribution >= 0.6 is 0 Å². The Morgan fingerprint density at radius 1 is 0.944 bits per heavy atom. The van der Waals surface area contributed by atoms with Crippen LogP contribution in [-0.2, 0) is 14.0 Å². The molecule has 4 atom stereocenters. The fraction of sp³-hybridized carbons (Fsp3) is 0.519. The van der Waals surface area contributed by atoms with E-state index in [-0.39, 0.29) is 59.6 Å². The zero-order valence-electron chi connectivity index (χ0n) is 21.8. The number of phenols is 1. The quantitative estimate of drug-likeness (QED) is 0.433. The first-order chi connectivity index (χ1) is 17.0. The third kappa shape index (κ3) is 3.80. The first-order valence-electron chi connectivity index (χ1n) is 12.2. The van der Waals surface area contributed by atoms with Gasteiger partial charge >= 0.3 is 5.97 Å². The standard InChI is InChI=1S/C27H34O8Si/c1-27(2,3)36(6,7)35-25-16-11-19-18(33-13-34-19)10-15(16)22(23-17(25)12-32-26(23)29)14-8-20(30-4)24(28)21(9-14)31-5/h8-11,17,22-23,25,28H,12-13H2,1-7H3/t17-,22-,23-,25+/m1/s1. The van der Waals surface area contributed by atoms with Crippen LogP contribution in [0, 0.1) is 11.8 Å². The zero-order valence-corrected chi connectivity index (χ0v) is 22.8. The minimum atomic E-state index is -2.22. The number of fused-ring (bicyclic) bond motifs is 3. The van der Waals surface area contributed by atoms with Gasteiger partial charge in [0.25, 0.3) is 0 Å². The van der Waals surface area contributed by atoms with Crippen LogP contribution in [0.25, 0.3) is 0 Å². The van der Waals surface area contributed by atoms with Crippen molar-refractivity contribution in [3.8, 4) is 28.7 Å². The topological polar surface area (TPSA) is 92.7 Å². The summed E-state index contributed by atoms with van der Waals surface area (Å²) in [7, 11) is 0.756. The lowest BCUT2D eigenvalue weighted by Crippen LogP contribution is -2.46. The number of hydrogen-bond donors (Lipinski definition) is 1. The van der Waals surface area contributed by atoms with E-state index in [4.69, 9.17) is 28.1 Å². The molecular weight excluding hydrogens is 480 g/mol. The van der Waals surface area contributed by atoms with Crippen molar-refractivity contribution in [3.05, 3.63) is 41.0 Å². The molecule has 0 amide bonds. The van der Waals surface area contributed by atoms with Crippen LogP contribution in [-0.4, -0.2) is 47.0 Å². The molecule has 9 heteroatoms. The number of carbonyl (C=O) groups excluding carboxylic acids is 1. The number of aromatic hydroxyl groups is 1. The summed E-state index contributed by atoms with van der Waals surface area (Å²) in [6.45, 7) is 11.5. The number of methoxy groups -OCH3 is 2. The van der Waals surface area contributed by atoms with E-state index in [0.29, 0.717) is 11.5 Å². The van der Waals surface area contributed by atoms with Crippen molar-refractivity contribution in [2.24, 2.45) is 11.8 Å². The van der Waals surface area contributed by atoms with E-state index in [2.05, 4.69) is 33.9 Å². The van der Waals surface area contributed by atoms with Crippen molar-refractivity contribution in [2.45, 2.75) is 50.9 Å². The van der Waals surface area contributed by atoms with Gasteiger partial charge in [0.2, 0.25) is 12.5 Å². The first kappa shape index (κ1) is 24.8. The number of hydrogen-bond acceptors (Lipinski definition) is 8. The summed E-state index contributed by atoms with van der Waals surface area (Å²) in [4.78, 5) is 13.3. The Balaban J connectivity index is 1.73. The Labute approximate surface area is 212 Å². The van der Waals surface area contributed by atoms with Crippen molar-refractivity contribution in [3.63, 3.8) is 0 Å². The molecule has 1 N–H and O–H groups in total. The number of rotatable bonds is 5. The fourth-order valence-electron chi connectivity index (χ4n) is 5.25. The molecule has 0 spiro atoms. The summed E-state index contributed by atoms with van der Waals surface area (Å²) in [5.74, 6) is 0.453. The predicted molar refractivity (Wildman–Crippen MR) is 135 cm³/mol. The molecule has 0 radical (unpaired) electrons. The maximum absolute atomic E-state index is 13.3. The van der Waals surface area contributed by atoms with Crippen LogP contribution in [0.4, 0.5) is 0 Å². The van der Waals surface area contributed by atoms with Crippen LogP contribution in [0.2, 0.25) is 18.1 Å². The Morgan fingerprint density at radius 3 is 2.08 bits per heavy atom. The average molecular weight is 515 g/mol. The van der Waals surface area contributed by atoms with Crippen LogP contribution in [0.1, 0.15) is 49.5 Å². The van der Waals surface area contributed by atoms with Gasteiger partial charge in [0.1, 0.15) is 0 Å². The molecule has 3 aliphatic rings. The number of phenolic OH excluding ortho intramolecular Hbond substituents is 1. The molecule has 0 saturated carbocycles. The Hall–Kier alpha value is -2.91. The normalized spacial score (nSPS) is 24.7. The SMILES string of the molecule is COc1cc([C@@H]2c3cc4c(cc3[C@H](O[Si](C)(C)C(C)(C)C)[C@@H]3COC(=O)[C@@H]23)OCO4)cc(OC)c1O. The highest BCUT2D eigenvalue weighted by molar-refractivity contribution is 6.74. The smallest absolute Gasteiger partial charge is 0.310 e. The maximum atomic E-state index is 13.3. The zero-order chi connectivity index (χ0) is 26.0. The number of esters is 1. The van der Waals surface area contributed by atoms with Gasteiger partial charge in [0, 0.05) is 11.8 Å². The lowest BCUT2D eigenvalue weighted by molar-refractivity contribution is -0.141. The second-order valence-corrected chi connectivity index (χ2v) is 16.0. The second-order valence-electron chi connectivity index (χ2n) is 11.2. The van der Waals surface area contributed by atoms with Crippen LogP contribution in [0.3, 0.4) is 0 Å². The van der Waals surface area contributed by atoms with E-state index in [1.807, 2.05) is 12.1 Å². The monoisotopic (exact) mass is 514 g/mol. The van der Waals surface area contributed by atoms with E-state index in [1.54, 1.807) is 12.1 Å². The van der Waals surface area contributed by atoms with Crippen molar-refractivity contribution >= 4 is 14.3 Å². The number of cyclic esters (lactones) is 1. The molecule has 36 heavy (non-hydrogen) atoms. The molecule has 2 aromatic rings. The molecule has 1 aliphatic carbocycles. The maximum Gasteiger partial charge on any atom is 0.310 e. The van der Waals surface area contributed by atoms with E-state index in [0.717, 1.165) is 16.7 Å². The minimum absolute atomic E-state index is 0.0169. The molecule has 194 valence electrons. The van der Waals surface area contributed by atoms with Crippen LogP contribution in [0.15, 0.2) is 24.3 Å². The molecular formula is C27H34O8Si. The first-order valence-corrected chi connectivity index (χ1v) is 15.1. The van der Waals surface area contributed by atoms with Crippen molar-refractivity contribution in [1.29, 1.82) is 0 Å². The Morgan fingerprint density at radius 2 is 1.53 bits per heavy atom. The number of benzene rings is 2. The van der Waals surface area contributed by atoms with Gasteiger partial charge in [-0.3, -0.25) is 4.79 Å². The summed E-state index contributed by atoms with van der Waals surface area (Å²) in [6.07, 6.45) is -0.330. The lowest BCUT2D eigenvalue weighted by Gasteiger charge is -2.45. The molecule has 2 aliphatic heterocycles. The van der Waals surface area contributed by atoms with Gasteiger partial charge in [-0.25, -0.2) is 0 Å². The van der Waals surface area contributed by atoms with E-state index < -0.39 is 14.2 Å². The molecule has 5 rings (SSSR count). The van der Waals surface area contributed by atoms with E-state index >= 15 is 0 Å². The lowest BCUT2D eigenvalue weighted by atomic mass is 9.66. The molecule has 1 fully saturated rings. The highest BCUT2D eigenvalue weighted by Crippen LogP contribution is 2.57. The molecule has 0 bridgehead atoms. The fourth-order valence-corrected chi connectivity index (χ4v) is 6.54. The van der Waals surface area contributed by atoms with Gasteiger partial charge in [-0.2, -0.15) is 0 Å². The van der Waals surface area contributed by atoms with Crippen molar-refractivity contribution in [1.82, 2.24) is 0 Å². The van der Waals surface area contributed by atoms with E-state index in [9.17, 15) is 9.90 Å². The van der Waals surface area contributed by atoms with Crippen LogP contribution in [0.5, 0.6) is 28.7 Å². The molecule has 0 unspecified atom stereocenters. The summed E-state index contributed by atoms with van der Waals surface area (Å²) in [6, 6.07) is 7.47. The van der Waals surface area contributed by atoms with Gasteiger partial charge in [0.15, 0.2) is 31.3 Å². The number of carbonyl (C=O) groups is 1. The largest absolute Gasteiger partial charge is 0.502 e. The van der Waals surface area contributed by atoms with Gasteiger partial charge < -0.3 is 33.2 Å². The highest BCUT2D eigenvalue weighted by atomic mass is 28.4. The summed E-state index contributed by atoms with van der Waals surface area (Å²) in [5, 5.41) is 10.5. The van der Waals surface area contributed by atoms with Gasteiger partial charge in [-0.15, -0.1) is 0 Å². The molecule has 1 saturated heterocycles. The van der Waals surface area contributed by atoms with E-state index in [1.165, 1.54) is 14.2 Å². The molecule has 8 nitrogen and oxygen atoms in total. The third-order valence-electron chi connectivity index (χ3n) is 8.21.